The van der Waals surface area contributed by atoms with E-state index in [9.17, 15) is 8.42 Å². The van der Waals surface area contributed by atoms with Crippen LogP contribution >= 0.6 is 0 Å². The summed E-state index contributed by atoms with van der Waals surface area (Å²) < 4.78 is 31.3. The Balaban J connectivity index is 1.53. The van der Waals surface area contributed by atoms with Crippen LogP contribution in [0.5, 0.6) is 0 Å². The molecule has 0 unspecified atom stereocenters. The predicted molar refractivity (Wildman–Crippen MR) is 105 cm³/mol. The zero-order valence-corrected chi connectivity index (χ0v) is 16.9. The van der Waals surface area contributed by atoms with Gasteiger partial charge in [0.05, 0.1) is 6.20 Å². The Bertz CT molecular complexity index is 1050. The summed E-state index contributed by atoms with van der Waals surface area (Å²) in [5, 5.41) is 4.10. The first kappa shape index (κ1) is 18.8. The lowest BCUT2D eigenvalue weighted by atomic mass is 10.1. The average Bonchev–Trinajstić information content (AvgIpc) is 3.36. The molecule has 0 N–H and O–H groups in total. The van der Waals surface area contributed by atoms with Crippen molar-refractivity contribution in [2.45, 2.75) is 44.2 Å². The molecular weight excluding hydrogens is 376 g/mol. The van der Waals surface area contributed by atoms with Crippen molar-refractivity contribution in [3.8, 4) is 11.4 Å². The number of sulfonamides is 1. The second-order valence-corrected chi connectivity index (χ2v) is 8.93. The first-order valence-corrected chi connectivity index (χ1v) is 10.9. The Hall–Kier alpha value is -2.52. The molecule has 4 heterocycles. The number of nitrogens with zero attached hydrogens (tertiary/aromatic N) is 6. The van der Waals surface area contributed by atoms with Gasteiger partial charge in [0.25, 0.3) is 0 Å². The Kier molecular flexibility index (Phi) is 5.03. The summed E-state index contributed by atoms with van der Waals surface area (Å²) in [6, 6.07) is 4.11. The number of hydrogen-bond donors (Lipinski definition) is 0. The Morgan fingerprint density at radius 3 is 2.50 bits per heavy atom. The molecule has 0 aliphatic carbocycles. The smallest absolute Gasteiger partial charge is 0.246 e. The fourth-order valence-corrected chi connectivity index (χ4v) is 5.19. The van der Waals surface area contributed by atoms with Gasteiger partial charge in [-0.3, -0.25) is 9.67 Å². The molecule has 4 rings (SSSR count). The molecule has 3 aromatic rings. The van der Waals surface area contributed by atoms with Crippen molar-refractivity contribution in [3.05, 3.63) is 48.8 Å². The van der Waals surface area contributed by atoms with Crippen molar-refractivity contribution in [1.29, 1.82) is 0 Å². The lowest BCUT2D eigenvalue weighted by molar-refractivity contribution is 0.273. The Labute approximate surface area is 164 Å². The maximum absolute atomic E-state index is 12.9. The van der Waals surface area contributed by atoms with E-state index in [-0.39, 0.29) is 10.9 Å². The van der Waals surface area contributed by atoms with E-state index in [2.05, 4.69) is 19.6 Å². The van der Waals surface area contributed by atoms with E-state index in [0.717, 1.165) is 29.9 Å². The molecule has 1 saturated heterocycles. The van der Waals surface area contributed by atoms with E-state index in [0.29, 0.717) is 19.6 Å². The number of aromatic nitrogens is 5. The van der Waals surface area contributed by atoms with Gasteiger partial charge in [0.15, 0.2) is 0 Å². The molecule has 28 heavy (non-hydrogen) atoms. The van der Waals surface area contributed by atoms with Crippen molar-refractivity contribution in [2.24, 2.45) is 0 Å². The minimum Gasteiger partial charge on any atom is -0.325 e. The molecule has 3 aromatic heterocycles. The number of pyridine rings is 1. The van der Waals surface area contributed by atoms with E-state index in [1.165, 1.54) is 6.20 Å². The molecular formula is C19H24N6O2S. The summed E-state index contributed by atoms with van der Waals surface area (Å²) in [5.41, 5.74) is 2.10. The predicted octanol–water partition coefficient (Wildman–Crippen LogP) is 2.50. The summed E-state index contributed by atoms with van der Waals surface area (Å²) in [4.78, 5) is 8.92. The SMILES string of the molecule is CCn1cc(S(=O)(=O)N2CCC(n3c(C)cnc3-c3ccncc3)CC2)cn1. The van der Waals surface area contributed by atoms with Gasteiger partial charge in [-0.15, -0.1) is 0 Å². The lowest BCUT2D eigenvalue weighted by Crippen LogP contribution is -2.39. The molecule has 148 valence electrons. The van der Waals surface area contributed by atoms with Gasteiger partial charge in [-0.1, -0.05) is 0 Å². The van der Waals surface area contributed by atoms with Crippen molar-refractivity contribution in [3.63, 3.8) is 0 Å². The van der Waals surface area contributed by atoms with Gasteiger partial charge in [-0.25, -0.2) is 13.4 Å². The van der Waals surface area contributed by atoms with Gasteiger partial charge >= 0.3 is 0 Å². The van der Waals surface area contributed by atoms with Gasteiger partial charge in [0, 0.05) is 61.7 Å². The van der Waals surface area contributed by atoms with Crippen LogP contribution in [-0.4, -0.2) is 50.1 Å². The molecule has 1 aliphatic rings. The van der Waals surface area contributed by atoms with E-state index in [1.54, 1.807) is 27.6 Å². The minimum absolute atomic E-state index is 0.218. The maximum atomic E-state index is 12.9. The molecule has 0 atom stereocenters. The van der Waals surface area contributed by atoms with Crippen LogP contribution in [0.25, 0.3) is 11.4 Å². The van der Waals surface area contributed by atoms with Crippen LogP contribution in [-0.2, 0) is 16.6 Å². The van der Waals surface area contributed by atoms with Crippen molar-refractivity contribution in [2.75, 3.05) is 13.1 Å². The highest BCUT2D eigenvalue weighted by atomic mass is 32.2. The van der Waals surface area contributed by atoms with Gasteiger partial charge in [0.1, 0.15) is 10.7 Å². The third-order valence-electron chi connectivity index (χ3n) is 5.28. The van der Waals surface area contributed by atoms with Gasteiger partial charge < -0.3 is 4.57 Å². The second kappa shape index (κ2) is 7.48. The van der Waals surface area contributed by atoms with Crippen LogP contribution in [0.2, 0.25) is 0 Å². The topological polar surface area (TPSA) is 85.9 Å². The highest BCUT2D eigenvalue weighted by Gasteiger charge is 2.32. The summed E-state index contributed by atoms with van der Waals surface area (Å²) in [6.45, 7) is 5.59. The first-order valence-electron chi connectivity index (χ1n) is 9.47. The molecule has 1 aliphatic heterocycles. The molecule has 0 spiro atoms. The van der Waals surface area contributed by atoms with Crippen molar-refractivity contribution >= 4 is 10.0 Å². The van der Waals surface area contributed by atoms with Crippen LogP contribution < -0.4 is 0 Å². The third kappa shape index (κ3) is 3.35. The monoisotopic (exact) mass is 400 g/mol. The summed E-state index contributed by atoms with van der Waals surface area (Å²) in [6.07, 6.45) is 9.92. The lowest BCUT2D eigenvalue weighted by Gasteiger charge is -2.33. The van der Waals surface area contributed by atoms with E-state index in [4.69, 9.17) is 0 Å². The molecule has 8 nitrogen and oxygen atoms in total. The van der Waals surface area contributed by atoms with E-state index in [1.807, 2.05) is 32.2 Å². The zero-order chi connectivity index (χ0) is 19.7. The average molecular weight is 401 g/mol. The highest BCUT2D eigenvalue weighted by Crippen LogP contribution is 2.31. The number of rotatable bonds is 5. The molecule has 0 amide bonds. The largest absolute Gasteiger partial charge is 0.325 e. The van der Waals surface area contributed by atoms with Crippen molar-refractivity contribution < 1.29 is 8.42 Å². The normalized spacial score (nSPS) is 16.5. The molecule has 0 bridgehead atoms. The molecule has 0 saturated carbocycles. The zero-order valence-electron chi connectivity index (χ0n) is 16.1. The Morgan fingerprint density at radius 1 is 1.14 bits per heavy atom. The second-order valence-electron chi connectivity index (χ2n) is 7.00. The van der Waals surface area contributed by atoms with E-state index < -0.39 is 10.0 Å². The third-order valence-corrected chi connectivity index (χ3v) is 7.13. The fraction of sp³-hybridized carbons (Fsp3) is 0.421. The van der Waals surface area contributed by atoms with E-state index >= 15 is 0 Å². The summed E-state index contributed by atoms with van der Waals surface area (Å²) in [7, 11) is -3.50. The van der Waals surface area contributed by atoms with Crippen LogP contribution in [0, 0.1) is 6.92 Å². The molecule has 0 radical (unpaired) electrons. The van der Waals surface area contributed by atoms with Gasteiger partial charge in [-0.2, -0.15) is 9.40 Å². The summed E-state index contributed by atoms with van der Waals surface area (Å²) in [5.74, 6) is 0.908. The standard InChI is InChI=1S/C19H24N6O2S/c1-3-23-14-18(13-22-23)28(26,27)24-10-6-17(7-11-24)25-15(2)12-21-19(25)16-4-8-20-9-5-16/h4-5,8-9,12-14,17H,3,6-7,10-11H2,1-2H3. The number of piperidine rings is 1. The number of hydrogen-bond acceptors (Lipinski definition) is 5. The number of aryl methyl sites for hydroxylation is 2. The molecule has 9 heteroatoms. The van der Waals surface area contributed by atoms with Crippen LogP contribution in [0.3, 0.4) is 0 Å². The fourth-order valence-electron chi connectivity index (χ4n) is 3.76. The number of imidazole rings is 1. The maximum Gasteiger partial charge on any atom is 0.246 e. The Morgan fingerprint density at radius 2 is 1.86 bits per heavy atom. The highest BCUT2D eigenvalue weighted by molar-refractivity contribution is 7.89. The summed E-state index contributed by atoms with van der Waals surface area (Å²) >= 11 is 0. The van der Waals surface area contributed by atoms with Gasteiger partial charge in [0.2, 0.25) is 10.0 Å². The van der Waals surface area contributed by atoms with Crippen molar-refractivity contribution in [1.82, 2.24) is 28.6 Å². The molecule has 0 aromatic carbocycles. The first-order chi connectivity index (χ1) is 13.5. The van der Waals surface area contributed by atoms with Crippen LogP contribution in [0.4, 0.5) is 0 Å². The minimum atomic E-state index is -3.50. The van der Waals surface area contributed by atoms with Crippen LogP contribution in [0.1, 0.15) is 31.5 Å². The molecule has 1 fully saturated rings. The van der Waals surface area contributed by atoms with Crippen LogP contribution in [0.15, 0.2) is 48.0 Å². The van der Waals surface area contributed by atoms with Gasteiger partial charge in [-0.05, 0) is 38.8 Å². The quantitative estimate of drug-likeness (QED) is 0.657.